The molecule has 1 aliphatic carbocycles. The van der Waals surface area contributed by atoms with Gasteiger partial charge < -0.3 is 10.2 Å². The van der Waals surface area contributed by atoms with Gasteiger partial charge >= 0.3 is 0 Å². The topological polar surface area (TPSA) is 41.0 Å². The third kappa shape index (κ3) is 3.20. The molecule has 1 aromatic rings. The predicted molar refractivity (Wildman–Crippen MR) is 75.3 cm³/mol. The fourth-order valence-corrected chi connectivity index (χ4v) is 3.34. The van der Waals surface area contributed by atoms with Crippen molar-refractivity contribution in [3.05, 3.63) is 5.82 Å². The smallest absolute Gasteiger partial charge is 0.202 e. The van der Waals surface area contributed by atoms with Crippen molar-refractivity contribution in [2.24, 2.45) is 0 Å². The maximum Gasteiger partial charge on any atom is 0.202 e. The second-order valence-corrected chi connectivity index (χ2v) is 6.39. The number of rotatable bonds is 5. The molecule has 1 N–H and O–H groups in total. The van der Waals surface area contributed by atoms with Crippen LogP contribution in [0.25, 0.3) is 0 Å². The Morgan fingerprint density at radius 2 is 2.11 bits per heavy atom. The first-order valence-corrected chi connectivity index (χ1v) is 7.91. The zero-order chi connectivity index (χ0) is 12.4. The van der Waals surface area contributed by atoms with Crippen LogP contribution in [-0.4, -0.2) is 39.9 Å². The predicted octanol–water partition coefficient (Wildman–Crippen LogP) is 2.70. The number of nitrogens with zero attached hydrogens (tertiary/aromatic N) is 3. The van der Waals surface area contributed by atoms with Gasteiger partial charge in [0.25, 0.3) is 0 Å². The maximum absolute atomic E-state index is 4.58. The van der Waals surface area contributed by atoms with Crippen LogP contribution in [0.15, 0.2) is 0 Å². The summed E-state index contributed by atoms with van der Waals surface area (Å²) in [7, 11) is 0. The molecule has 18 heavy (non-hydrogen) atoms. The van der Waals surface area contributed by atoms with E-state index in [9.17, 15) is 0 Å². The van der Waals surface area contributed by atoms with Crippen LogP contribution in [-0.2, 0) is 0 Å². The highest BCUT2D eigenvalue weighted by atomic mass is 32.1. The van der Waals surface area contributed by atoms with Crippen LogP contribution in [0.4, 0.5) is 5.13 Å². The van der Waals surface area contributed by atoms with E-state index in [1.54, 1.807) is 0 Å². The lowest BCUT2D eigenvalue weighted by molar-refractivity contribution is 0.223. The number of hydrogen-bond donors (Lipinski definition) is 1. The normalized spacial score (nSPS) is 22.9. The molecule has 1 atom stereocenters. The number of piperidine rings is 1. The summed E-state index contributed by atoms with van der Waals surface area (Å²) < 4.78 is 4.43. The average Bonchev–Trinajstić information content (AvgIpc) is 3.12. The number of anilines is 1. The monoisotopic (exact) mass is 266 g/mol. The SMILES string of the molecule is CC(CN1CCCCC1)Nc1nc(C2CC2)ns1. The Balaban J connectivity index is 1.48. The van der Waals surface area contributed by atoms with Crippen molar-refractivity contribution in [1.29, 1.82) is 0 Å². The molecule has 5 heteroatoms. The second-order valence-electron chi connectivity index (χ2n) is 5.64. The lowest BCUT2D eigenvalue weighted by Crippen LogP contribution is -2.38. The Kier molecular flexibility index (Phi) is 3.80. The highest BCUT2D eigenvalue weighted by Crippen LogP contribution is 2.39. The molecule has 1 unspecified atom stereocenters. The lowest BCUT2D eigenvalue weighted by Gasteiger charge is -2.29. The van der Waals surface area contributed by atoms with Crippen LogP contribution < -0.4 is 5.32 Å². The van der Waals surface area contributed by atoms with Gasteiger partial charge in [-0.1, -0.05) is 6.42 Å². The minimum Gasteiger partial charge on any atom is -0.357 e. The fraction of sp³-hybridized carbons (Fsp3) is 0.846. The summed E-state index contributed by atoms with van der Waals surface area (Å²) in [5.41, 5.74) is 0. The van der Waals surface area contributed by atoms with Crippen LogP contribution in [0.3, 0.4) is 0 Å². The molecule has 1 saturated carbocycles. The van der Waals surface area contributed by atoms with Crippen molar-refractivity contribution in [2.45, 2.75) is 51.0 Å². The number of aromatic nitrogens is 2. The molecule has 2 aliphatic rings. The van der Waals surface area contributed by atoms with Gasteiger partial charge in [0.15, 0.2) is 0 Å². The Morgan fingerprint density at radius 1 is 1.33 bits per heavy atom. The van der Waals surface area contributed by atoms with E-state index in [-0.39, 0.29) is 0 Å². The molecule has 1 saturated heterocycles. The lowest BCUT2D eigenvalue weighted by atomic mass is 10.1. The van der Waals surface area contributed by atoms with Crippen molar-refractivity contribution in [1.82, 2.24) is 14.3 Å². The van der Waals surface area contributed by atoms with E-state index in [1.807, 2.05) is 0 Å². The van der Waals surface area contributed by atoms with Gasteiger partial charge in [0.2, 0.25) is 5.13 Å². The van der Waals surface area contributed by atoms with Gasteiger partial charge in [-0.2, -0.15) is 4.37 Å². The van der Waals surface area contributed by atoms with E-state index < -0.39 is 0 Å². The van der Waals surface area contributed by atoms with Crippen molar-refractivity contribution >= 4 is 16.7 Å². The molecule has 4 nitrogen and oxygen atoms in total. The number of hydrogen-bond acceptors (Lipinski definition) is 5. The fourth-order valence-electron chi connectivity index (χ4n) is 2.59. The van der Waals surface area contributed by atoms with Crippen LogP contribution in [0.2, 0.25) is 0 Å². The average molecular weight is 266 g/mol. The molecule has 2 fully saturated rings. The minimum absolute atomic E-state index is 0.461. The van der Waals surface area contributed by atoms with Gasteiger partial charge in [0, 0.05) is 30.0 Å². The number of nitrogens with one attached hydrogen (secondary N) is 1. The molecule has 1 aromatic heterocycles. The van der Waals surface area contributed by atoms with E-state index in [4.69, 9.17) is 0 Å². The Labute approximate surface area is 113 Å². The minimum atomic E-state index is 0.461. The molecule has 0 aromatic carbocycles. The van der Waals surface area contributed by atoms with E-state index in [2.05, 4.69) is 26.5 Å². The first-order chi connectivity index (χ1) is 8.81. The van der Waals surface area contributed by atoms with Crippen LogP contribution in [0.5, 0.6) is 0 Å². The van der Waals surface area contributed by atoms with Gasteiger partial charge in [-0.25, -0.2) is 4.98 Å². The molecule has 2 heterocycles. The third-order valence-corrected chi connectivity index (χ3v) is 4.40. The molecule has 3 rings (SSSR count). The first-order valence-electron chi connectivity index (χ1n) is 7.14. The summed E-state index contributed by atoms with van der Waals surface area (Å²) in [6.45, 7) is 5.88. The summed E-state index contributed by atoms with van der Waals surface area (Å²) in [5.74, 6) is 1.72. The Hall–Kier alpha value is -0.680. The molecular weight excluding hydrogens is 244 g/mol. The Morgan fingerprint density at radius 3 is 2.83 bits per heavy atom. The second kappa shape index (κ2) is 5.53. The zero-order valence-electron chi connectivity index (χ0n) is 11.1. The summed E-state index contributed by atoms with van der Waals surface area (Å²) in [5, 5.41) is 4.50. The molecule has 0 bridgehead atoms. The van der Waals surface area contributed by atoms with Crippen LogP contribution in [0.1, 0.15) is 50.8 Å². The number of likely N-dealkylation sites (tertiary alicyclic amines) is 1. The summed E-state index contributed by atoms with van der Waals surface area (Å²) in [4.78, 5) is 7.14. The summed E-state index contributed by atoms with van der Waals surface area (Å²) in [6.07, 6.45) is 6.67. The van der Waals surface area contributed by atoms with Crippen molar-refractivity contribution < 1.29 is 0 Å². The molecular formula is C13H22N4S. The van der Waals surface area contributed by atoms with E-state index in [1.165, 1.54) is 56.7 Å². The largest absolute Gasteiger partial charge is 0.357 e. The van der Waals surface area contributed by atoms with Gasteiger partial charge in [-0.3, -0.25) is 0 Å². The standard InChI is InChI=1S/C13H22N4S/c1-10(9-17-7-3-2-4-8-17)14-13-15-12(16-18-13)11-5-6-11/h10-11H,2-9H2,1H3,(H,14,15,16). The van der Waals surface area contributed by atoms with E-state index in [0.29, 0.717) is 12.0 Å². The van der Waals surface area contributed by atoms with Crippen molar-refractivity contribution in [3.63, 3.8) is 0 Å². The van der Waals surface area contributed by atoms with Crippen LogP contribution >= 0.6 is 11.5 Å². The Bertz CT molecular complexity index is 382. The van der Waals surface area contributed by atoms with Gasteiger partial charge in [0.05, 0.1) is 0 Å². The molecule has 100 valence electrons. The van der Waals surface area contributed by atoms with E-state index in [0.717, 1.165) is 17.5 Å². The quantitative estimate of drug-likeness (QED) is 0.889. The van der Waals surface area contributed by atoms with Gasteiger partial charge in [-0.05, 0) is 45.7 Å². The van der Waals surface area contributed by atoms with Crippen LogP contribution in [0, 0.1) is 0 Å². The van der Waals surface area contributed by atoms with Crippen molar-refractivity contribution in [2.75, 3.05) is 25.0 Å². The highest BCUT2D eigenvalue weighted by molar-refractivity contribution is 7.09. The maximum atomic E-state index is 4.58. The van der Waals surface area contributed by atoms with Crippen molar-refractivity contribution in [3.8, 4) is 0 Å². The summed E-state index contributed by atoms with van der Waals surface area (Å²) in [6, 6.07) is 0.461. The highest BCUT2D eigenvalue weighted by Gasteiger charge is 2.28. The summed E-state index contributed by atoms with van der Waals surface area (Å²) >= 11 is 1.52. The third-order valence-electron chi connectivity index (χ3n) is 3.73. The first kappa shape index (κ1) is 12.4. The molecule has 0 radical (unpaired) electrons. The van der Waals surface area contributed by atoms with Gasteiger partial charge in [0.1, 0.15) is 5.82 Å². The van der Waals surface area contributed by atoms with E-state index >= 15 is 0 Å². The van der Waals surface area contributed by atoms with Gasteiger partial charge in [-0.15, -0.1) is 0 Å². The molecule has 0 amide bonds. The molecule has 1 aliphatic heterocycles. The molecule has 0 spiro atoms. The zero-order valence-corrected chi connectivity index (χ0v) is 11.9.